The minimum absolute atomic E-state index is 0.0520. The van der Waals surface area contributed by atoms with Crippen molar-refractivity contribution < 1.29 is 19.1 Å². The minimum Gasteiger partial charge on any atom is -0.377 e. The molecule has 3 aliphatic heterocycles. The van der Waals surface area contributed by atoms with Crippen LogP contribution in [0.3, 0.4) is 0 Å². The number of carbonyl (C=O) groups is 2. The first-order valence-electron chi connectivity index (χ1n) is 10.6. The topological polar surface area (TPSA) is 83.1 Å². The Bertz CT molecular complexity index is 496. The predicted octanol–water partition coefficient (Wildman–Crippen LogP) is -0.249. The van der Waals surface area contributed by atoms with Gasteiger partial charge in [0.2, 0.25) is 11.8 Å². The highest BCUT2D eigenvalue weighted by Crippen LogP contribution is 2.18. The van der Waals surface area contributed by atoms with E-state index in [0.717, 1.165) is 51.9 Å². The maximum Gasteiger partial charge on any atom is 0.237 e. The maximum absolute atomic E-state index is 12.4. The molecular weight excluding hydrogens is 360 g/mol. The molecule has 0 aromatic carbocycles. The second-order valence-electron chi connectivity index (χ2n) is 7.58. The molecule has 2 saturated heterocycles. The molecule has 2 fully saturated rings. The van der Waals surface area contributed by atoms with Crippen LogP contribution in [-0.2, 0) is 19.1 Å². The van der Waals surface area contributed by atoms with Gasteiger partial charge in [-0.2, -0.15) is 0 Å². The molecule has 3 rings (SSSR count). The third-order valence-corrected chi connectivity index (χ3v) is 5.64. The molecule has 158 valence electrons. The largest absolute Gasteiger partial charge is 0.377 e. The average molecular weight is 395 g/mol. The molecule has 0 aromatic rings. The van der Waals surface area contributed by atoms with Gasteiger partial charge in [0.05, 0.1) is 38.5 Å². The van der Waals surface area contributed by atoms with Crippen LogP contribution in [0.25, 0.3) is 0 Å². The molecule has 8 nitrogen and oxygen atoms in total. The van der Waals surface area contributed by atoms with Crippen molar-refractivity contribution in [1.82, 2.24) is 20.4 Å². The highest BCUT2D eigenvalue weighted by Gasteiger charge is 2.30. The first-order chi connectivity index (χ1) is 13.8. The summed E-state index contributed by atoms with van der Waals surface area (Å²) in [6.45, 7) is 6.42. The Morgan fingerprint density at radius 3 is 1.68 bits per heavy atom. The summed E-state index contributed by atoms with van der Waals surface area (Å²) in [5, 5.41) is 5.97. The molecule has 8 heteroatoms. The van der Waals surface area contributed by atoms with Gasteiger partial charge in [-0.3, -0.25) is 19.4 Å². The fraction of sp³-hybridized carbons (Fsp3) is 0.800. The van der Waals surface area contributed by atoms with E-state index in [4.69, 9.17) is 9.47 Å². The summed E-state index contributed by atoms with van der Waals surface area (Å²) in [5.41, 5.74) is 0. The summed E-state index contributed by atoms with van der Waals surface area (Å²) in [6, 6.07) is -0.104. The van der Waals surface area contributed by atoms with Crippen molar-refractivity contribution >= 4 is 11.8 Å². The molecule has 2 N–H and O–H groups in total. The van der Waals surface area contributed by atoms with Crippen molar-refractivity contribution in [1.29, 1.82) is 0 Å². The van der Waals surface area contributed by atoms with Gasteiger partial charge in [-0.1, -0.05) is 12.2 Å². The third-order valence-electron chi connectivity index (χ3n) is 5.64. The van der Waals surface area contributed by atoms with E-state index < -0.39 is 0 Å². The first-order valence-corrected chi connectivity index (χ1v) is 10.6. The number of amides is 2. The van der Waals surface area contributed by atoms with Gasteiger partial charge < -0.3 is 20.1 Å². The Kier molecular flexibility index (Phi) is 8.72. The van der Waals surface area contributed by atoms with E-state index >= 15 is 0 Å². The van der Waals surface area contributed by atoms with Crippen molar-refractivity contribution in [3.05, 3.63) is 12.2 Å². The molecule has 0 radical (unpaired) electrons. The van der Waals surface area contributed by atoms with Crippen molar-refractivity contribution in [3.8, 4) is 0 Å². The van der Waals surface area contributed by atoms with Crippen molar-refractivity contribution in [3.63, 3.8) is 0 Å². The molecule has 0 aliphatic carbocycles. The SMILES string of the molecule is O=C1NCCOCCOCCNC(=O)[C@@H]2CCCN2C/C=C/CN2CCC[C@@H]12. The highest BCUT2D eigenvalue weighted by molar-refractivity contribution is 5.82. The second-order valence-corrected chi connectivity index (χ2v) is 7.58. The van der Waals surface area contributed by atoms with Gasteiger partial charge in [-0.15, -0.1) is 0 Å². The average Bonchev–Trinajstić information content (AvgIpc) is 3.35. The normalized spacial score (nSPS) is 31.4. The standard InChI is InChI=1S/C20H34N4O4/c25-19-17-5-3-11-23(17)9-1-2-10-24-12-4-6-18(24)20(26)22-8-14-28-16-15-27-13-7-21-19/h1-2,17-18H,3-16H2,(H,21,25)(H,22,26)/b2-1+/t17-,18-/m0/s1. The van der Waals surface area contributed by atoms with E-state index in [-0.39, 0.29) is 23.9 Å². The lowest BCUT2D eigenvalue weighted by Crippen LogP contribution is -2.45. The number of hydrogen-bond acceptors (Lipinski definition) is 6. The molecule has 28 heavy (non-hydrogen) atoms. The van der Waals surface area contributed by atoms with Crippen LogP contribution in [0.15, 0.2) is 12.2 Å². The molecule has 0 bridgehead atoms. The summed E-state index contributed by atoms with van der Waals surface area (Å²) >= 11 is 0. The van der Waals surface area contributed by atoms with Crippen LogP contribution in [0.1, 0.15) is 25.7 Å². The summed E-state index contributed by atoms with van der Waals surface area (Å²) in [5.74, 6) is 0.188. The van der Waals surface area contributed by atoms with Crippen LogP contribution >= 0.6 is 0 Å². The Morgan fingerprint density at radius 1 is 0.750 bits per heavy atom. The summed E-state index contributed by atoms with van der Waals surface area (Å²) < 4.78 is 11.0. The molecule has 2 atom stereocenters. The first kappa shape index (κ1) is 21.2. The predicted molar refractivity (Wildman–Crippen MR) is 106 cm³/mol. The zero-order valence-corrected chi connectivity index (χ0v) is 16.7. The smallest absolute Gasteiger partial charge is 0.237 e. The lowest BCUT2D eigenvalue weighted by Gasteiger charge is -2.23. The van der Waals surface area contributed by atoms with Gasteiger partial charge in [0.1, 0.15) is 0 Å². The highest BCUT2D eigenvalue weighted by atomic mass is 16.5. The molecule has 0 unspecified atom stereocenters. The van der Waals surface area contributed by atoms with E-state index in [1.165, 1.54) is 0 Å². The molecular formula is C20H34N4O4. The number of rotatable bonds is 0. The quantitative estimate of drug-likeness (QED) is 0.552. The van der Waals surface area contributed by atoms with Crippen LogP contribution in [0, 0.1) is 0 Å². The third kappa shape index (κ3) is 6.27. The van der Waals surface area contributed by atoms with Gasteiger partial charge in [-0.25, -0.2) is 0 Å². The molecule has 3 aliphatic rings. The maximum atomic E-state index is 12.4. The van der Waals surface area contributed by atoms with Crippen molar-refractivity contribution in [2.45, 2.75) is 37.8 Å². The number of carbonyl (C=O) groups excluding carboxylic acids is 2. The van der Waals surface area contributed by atoms with Crippen molar-refractivity contribution in [2.75, 3.05) is 65.7 Å². The fourth-order valence-electron chi connectivity index (χ4n) is 4.15. The van der Waals surface area contributed by atoms with Gasteiger partial charge >= 0.3 is 0 Å². The number of ether oxygens (including phenoxy) is 2. The van der Waals surface area contributed by atoms with Gasteiger partial charge in [0, 0.05) is 26.2 Å². The molecule has 0 saturated carbocycles. The molecule has 0 aromatic heterocycles. The minimum atomic E-state index is -0.0520. The van der Waals surface area contributed by atoms with E-state index in [1.807, 2.05) is 0 Å². The summed E-state index contributed by atoms with van der Waals surface area (Å²) in [4.78, 5) is 29.4. The van der Waals surface area contributed by atoms with Crippen molar-refractivity contribution in [2.24, 2.45) is 0 Å². The number of fused-ring (bicyclic) bond motifs is 2. The van der Waals surface area contributed by atoms with Gasteiger partial charge in [-0.05, 0) is 38.8 Å². The Morgan fingerprint density at radius 2 is 1.21 bits per heavy atom. The lowest BCUT2D eigenvalue weighted by atomic mass is 10.2. The summed E-state index contributed by atoms with van der Waals surface area (Å²) in [6.07, 6.45) is 8.18. The van der Waals surface area contributed by atoms with Crippen LogP contribution < -0.4 is 10.6 Å². The Balaban J connectivity index is 1.55. The molecule has 0 spiro atoms. The van der Waals surface area contributed by atoms with Gasteiger partial charge in [0.25, 0.3) is 0 Å². The second kappa shape index (κ2) is 11.5. The van der Waals surface area contributed by atoms with Crippen LogP contribution in [0.4, 0.5) is 0 Å². The number of nitrogens with one attached hydrogen (secondary N) is 2. The Labute approximate surface area is 167 Å². The fourth-order valence-corrected chi connectivity index (χ4v) is 4.15. The Hall–Kier alpha value is -1.48. The van der Waals surface area contributed by atoms with Crippen LogP contribution in [0.2, 0.25) is 0 Å². The zero-order valence-electron chi connectivity index (χ0n) is 16.7. The van der Waals surface area contributed by atoms with E-state index in [9.17, 15) is 9.59 Å². The summed E-state index contributed by atoms with van der Waals surface area (Å²) in [7, 11) is 0. The monoisotopic (exact) mass is 394 g/mol. The zero-order chi connectivity index (χ0) is 19.6. The number of hydrogen-bond donors (Lipinski definition) is 2. The lowest BCUT2D eigenvalue weighted by molar-refractivity contribution is -0.126. The van der Waals surface area contributed by atoms with E-state index in [1.54, 1.807) is 0 Å². The molecule has 3 heterocycles. The van der Waals surface area contributed by atoms with Gasteiger partial charge in [0.15, 0.2) is 0 Å². The molecule has 2 amide bonds. The van der Waals surface area contributed by atoms with Crippen LogP contribution in [-0.4, -0.2) is 99.4 Å². The number of nitrogens with zero attached hydrogens (tertiary/aromatic N) is 2. The van der Waals surface area contributed by atoms with E-state index in [2.05, 4.69) is 32.6 Å². The van der Waals surface area contributed by atoms with E-state index in [0.29, 0.717) is 39.5 Å². The van der Waals surface area contributed by atoms with Crippen LogP contribution in [0.5, 0.6) is 0 Å².